The topological polar surface area (TPSA) is 68.7 Å². The summed E-state index contributed by atoms with van der Waals surface area (Å²) in [7, 11) is 0. The number of carbonyl (C=O) groups excluding carboxylic acids is 1. The molecule has 4 aliphatic carbocycles. The van der Waals surface area contributed by atoms with Gasteiger partial charge in [-0.15, -0.1) is 0 Å². The maximum absolute atomic E-state index is 13.1. The van der Waals surface area contributed by atoms with E-state index in [0.717, 1.165) is 70.6 Å². The number of nitrogens with one attached hydrogen (secondary N) is 1. The van der Waals surface area contributed by atoms with Crippen molar-refractivity contribution >= 4 is 11.7 Å². The number of amides is 1. The highest BCUT2D eigenvalue weighted by molar-refractivity contribution is 5.93. The number of rotatable bonds is 5. The van der Waals surface area contributed by atoms with Crippen molar-refractivity contribution in [3.05, 3.63) is 59.8 Å². The van der Waals surface area contributed by atoms with Gasteiger partial charge in [0, 0.05) is 38.8 Å². The van der Waals surface area contributed by atoms with E-state index in [1.165, 1.54) is 5.56 Å². The van der Waals surface area contributed by atoms with Crippen molar-refractivity contribution in [2.24, 2.45) is 17.8 Å². The van der Waals surface area contributed by atoms with E-state index >= 15 is 0 Å². The standard InChI is InChI=1S/C27H34N4O2/c32-26(29-25-21-13-20-14-22(25)17-27(33,15-20)16-21)23-7-4-8-24(28-23)31-11-9-30(10-12-31)18-19-5-2-1-3-6-19/h1-8,20-22,25,33H,9-18H2,(H,29,32). The van der Waals surface area contributed by atoms with Crippen LogP contribution in [0.1, 0.15) is 48.2 Å². The van der Waals surface area contributed by atoms with E-state index in [2.05, 4.69) is 45.4 Å². The molecule has 174 valence electrons. The molecular formula is C27H34N4O2. The number of carbonyl (C=O) groups is 1. The van der Waals surface area contributed by atoms with Gasteiger partial charge < -0.3 is 15.3 Å². The summed E-state index contributed by atoms with van der Waals surface area (Å²) in [4.78, 5) is 22.7. The van der Waals surface area contributed by atoms with Crippen molar-refractivity contribution in [1.82, 2.24) is 15.2 Å². The van der Waals surface area contributed by atoms with Gasteiger partial charge in [0.25, 0.3) is 5.91 Å². The highest BCUT2D eigenvalue weighted by Gasteiger charge is 2.55. The van der Waals surface area contributed by atoms with Gasteiger partial charge in [-0.3, -0.25) is 9.69 Å². The van der Waals surface area contributed by atoms with E-state index in [1.54, 1.807) is 0 Å². The fourth-order valence-electron chi connectivity index (χ4n) is 7.14. The van der Waals surface area contributed by atoms with Crippen LogP contribution in [-0.2, 0) is 6.54 Å². The molecule has 0 radical (unpaired) electrons. The van der Waals surface area contributed by atoms with Crippen molar-refractivity contribution in [1.29, 1.82) is 0 Å². The van der Waals surface area contributed by atoms with Gasteiger partial charge in [-0.05, 0) is 67.6 Å². The molecule has 6 nitrogen and oxygen atoms in total. The van der Waals surface area contributed by atoms with Crippen molar-refractivity contribution in [3.63, 3.8) is 0 Å². The van der Waals surface area contributed by atoms with Gasteiger partial charge in [0.2, 0.25) is 0 Å². The SMILES string of the molecule is O=C(NC1C2CC3CC1CC(O)(C3)C2)c1cccc(N2CCN(Cc3ccccc3)CC2)n1. The molecule has 2 aromatic rings. The highest BCUT2D eigenvalue weighted by atomic mass is 16.3. The van der Waals surface area contributed by atoms with Gasteiger partial charge in [-0.2, -0.15) is 0 Å². The highest BCUT2D eigenvalue weighted by Crippen LogP contribution is 2.55. The third kappa shape index (κ3) is 4.26. The number of aliphatic hydroxyl groups is 1. The molecule has 6 heteroatoms. The molecule has 4 saturated carbocycles. The van der Waals surface area contributed by atoms with Crippen LogP contribution in [0.25, 0.3) is 0 Å². The van der Waals surface area contributed by atoms with Crippen LogP contribution < -0.4 is 10.2 Å². The molecule has 5 fully saturated rings. The third-order valence-electron chi connectivity index (χ3n) is 8.45. The Labute approximate surface area is 196 Å². The van der Waals surface area contributed by atoms with E-state index in [4.69, 9.17) is 4.98 Å². The number of hydrogen-bond donors (Lipinski definition) is 2. The lowest BCUT2D eigenvalue weighted by Gasteiger charge is -2.58. The lowest BCUT2D eigenvalue weighted by Crippen LogP contribution is -2.61. The van der Waals surface area contributed by atoms with E-state index in [0.29, 0.717) is 23.4 Å². The van der Waals surface area contributed by atoms with Gasteiger partial charge in [0.05, 0.1) is 5.60 Å². The Morgan fingerprint density at radius 1 is 0.970 bits per heavy atom. The summed E-state index contributed by atoms with van der Waals surface area (Å²) in [6, 6.07) is 16.6. The molecule has 0 spiro atoms. The Morgan fingerprint density at radius 2 is 1.70 bits per heavy atom. The number of benzene rings is 1. The van der Waals surface area contributed by atoms with Crippen molar-refractivity contribution in [2.75, 3.05) is 31.1 Å². The first-order valence-electron chi connectivity index (χ1n) is 12.6. The summed E-state index contributed by atoms with van der Waals surface area (Å²) in [5.74, 6) is 2.28. The molecule has 4 bridgehead atoms. The van der Waals surface area contributed by atoms with Gasteiger partial charge in [0.15, 0.2) is 0 Å². The van der Waals surface area contributed by atoms with Gasteiger partial charge in [-0.25, -0.2) is 4.98 Å². The van der Waals surface area contributed by atoms with E-state index in [-0.39, 0.29) is 11.9 Å². The van der Waals surface area contributed by atoms with Crippen LogP contribution >= 0.6 is 0 Å². The van der Waals surface area contributed by atoms with E-state index in [1.807, 2.05) is 18.2 Å². The molecular weight excluding hydrogens is 412 g/mol. The Bertz CT molecular complexity index is 988. The predicted molar refractivity (Wildman–Crippen MR) is 128 cm³/mol. The lowest BCUT2D eigenvalue weighted by molar-refractivity contribution is -0.136. The number of aromatic nitrogens is 1. The second kappa shape index (κ2) is 8.41. The minimum atomic E-state index is -0.474. The molecule has 1 aliphatic heterocycles. The first-order valence-corrected chi connectivity index (χ1v) is 12.6. The largest absolute Gasteiger partial charge is 0.390 e. The molecule has 1 amide bonds. The molecule has 1 aromatic carbocycles. The van der Waals surface area contributed by atoms with Crippen LogP contribution in [0.5, 0.6) is 0 Å². The zero-order valence-corrected chi connectivity index (χ0v) is 19.2. The molecule has 7 rings (SSSR count). The summed E-state index contributed by atoms with van der Waals surface area (Å²) in [6.07, 6.45) is 4.93. The van der Waals surface area contributed by atoms with Gasteiger partial charge >= 0.3 is 0 Å². The average molecular weight is 447 g/mol. The fourth-order valence-corrected chi connectivity index (χ4v) is 7.14. The summed E-state index contributed by atoms with van der Waals surface area (Å²) in [6.45, 7) is 4.78. The smallest absolute Gasteiger partial charge is 0.270 e. The quantitative estimate of drug-likeness (QED) is 0.739. The zero-order valence-electron chi connectivity index (χ0n) is 19.2. The minimum absolute atomic E-state index is 0.0657. The number of piperazine rings is 1. The molecule has 2 heterocycles. The summed E-state index contributed by atoms with van der Waals surface area (Å²) in [5, 5.41) is 14.1. The molecule has 2 atom stereocenters. The van der Waals surface area contributed by atoms with Gasteiger partial charge in [-0.1, -0.05) is 36.4 Å². The monoisotopic (exact) mass is 446 g/mol. The minimum Gasteiger partial charge on any atom is -0.390 e. The molecule has 1 aromatic heterocycles. The van der Waals surface area contributed by atoms with Crippen molar-refractivity contribution in [2.45, 2.75) is 50.3 Å². The molecule has 1 saturated heterocycles. The van der Waals surface area contributed by atoms with Gasteiger partial charge in [0.1, 0.15) is 11.5 Å². The number of pyridine rings is 1. The van der Waals surface area contributed by atoms with Crippen LogP contribution in [0.15, 0.2) is 48.5 Å². The Morgan fingerprint density at radius 3 is 2.39 bits per heavy atom. The zero-order chi connectivity index (χ0) is 22.4. The number of anilines is 1. The third-order valence-corrected chi connectivity index (χ3v) is 8.45. The van der Waals surface area contributed by atoms with Crippen LogP contribution in [0.4, 0.5) is 5.82 Å². The van der Waals surface area contributed by atoms with Crippen LogP contribution in [0.3, 0.4) is 0 Å². The Kier molecular flexibility index (Phi) is 5.38. The second-order valence-electron chi connectivity index (χ2n) is 10.8. The number of hydrogen-bond acceptors (Lipinski definition) is 5. The normalized spacial score (nSPS) is 33.3. The van der Waals surface area contributed by atoms with E-state index < -0.39 is 5.60 Å². The maximum atomic E-state index is 13.1. The Hall–Kier alpha value is -2.44. The number of nitrogens with zero attached hydrogens (tertiary/aromatic N) is 3. The van der Waals surface area contributed by atoms with E-state index in [9.17, 15) is 9.90 Å². The molecule has 33 heavy (non-hydrogen) atoms. The van der Waals surface area contributed by atoms with Crippen LogP contribution in [0.2, 0.25) is 0 Å². The summed E-state index contributed by atoms with van der Waals surface area (Å²) < 4.78 is 0. The molecule has 2 N–H and O–H groups in total. The molecule has 2 unspecified atom stereocenters. The first kappa shape index (κ1) is 21.1. The lowest BCUT2D eigenvalue weighted by atomic mass is 9.52. The predicted octanol–water partition coefficient (Wildman–Crippen LogP) is 3.07. The van der Waals surface area contributed by atoms with Crippen LogP contribution in [0, 0.1) is 17.8 Å². The fraction of sp³-hybridized carbons (Fsp3) is 0.556. The summed E-state index contributed by atoms with van der Waals surface area (Å²) in [5.41, 5.74) is 1.38. The second-order valence-corrected chi connectivity index (χ2v) is 10.8. The first-order chi connectivity index (χ1) is 16.0. The maximum Gasteiger partial charge on any atom is 0.270 e. The van der Waals surface area contributed by atoms with Crippen LogP contribution in [-0.4, -0.2) is 58.7 Å². The Balaban J connectivity index is 1.08. The van der Waals surface area contributed by atoms with Crippen molar-refractivity contribution < 1.29 is 9.90 Å². The molecule has 5 aliphatic rings. The van der Waals surface area contributed by atoms with Crippen molar-refractivity contribution in [3.8, 4) is 0 Å². The summed E-state index contributed by atoms with van der Waals surface area (Å²) >= 11 is 0. The average Bonchev–Trinajstić information content (AvgIpc) is 2.81.